The third-order valence-corrected chi connectivity index (χ3v) is 8.64. The van der Waals surface area contributed by atoms with Crippen LogP contribution in [0, 0.1) is 17.5 Å². The molecule has 6 rings (SSSR count). The molecule has 2 fully saturated rings. The lowest BCUT2D eigenvalue weighted by molar-refractivity contribution is -0.128. The van der Waals surface area contributed by atoms with E-state index in [4.69, 9.17) is 32.4 Å². The van der Waals surface area contributed by atoms with Crippen LogP contribution in [-0.4, -0.2) is 53.6 Å². The number of benzene rings is 2. The van der Waals surface area contributed by atoms with E-state index in [2.05, 4.69) is 15.6 Å². The zero-order valence-electron chi connectivity index (χ0n) is 22.6. The first-order chi connectivity index (χ1) is 20.3. The monoisotopic (exact) mass is 620 g/mol. The van der Waals surface area contributed by atoms with Gasteiger partial charge in [-0.1, -0.05) is 35.3 Å². The van der Waals surface area contributed by atoms with E-state index in [1.54, 1.807) is 6.07 Å². The van der Waals surface area contributed by atoms with Gasteiger partial charge in [-0.05, 0) is 55.9 Å². The molecule has 222 valence electrons. The molecule has 2 aliphatic heterocycles. The molecule has 2 aromatic carbocycles. The lowest BCUT2D eigenvalue weighted by Crippen LogP contribution is -2.60. The van der Waals surface area contributed by atoms with Crippen molar-refractivity contribution in [1.29, 1.82) is 0 Å². The van der Waals surface area contributed by atoms with Crippen molar-refractivity contribution in [2.45, 2.75) is 56.8 Å². The van der Waals surface area contributed by atoms with E-state index in [9.17, 15) is 18.0 Å². The summed E-state index contributed by atoms with van der Waals surface area (Å²) in [5.74, 6) is -3.94. The number of ether oxygens (including phenoxy) is 1. The minimum atomic E-state index is -1.35. The van der Waals surface area contributed by atoms with Crippen LogP contribution in [0.4, 0.5) is 13.2 Å². The van der Waals surface area contributed by atoms with E-state index in [-0.39, 0.29) is 30.6 Å². The van der Waals surface area contributed by atoms with E-state index in [0.717, 1.165) is 36.6 Å². The van der Waals surface area contributed by atoms with Gasteiger partial charge in [0.1, 0.15) is 6.26 Å². The van der Waals surface area contributed by atoms with E-state index in [0.29, 0.717) is 65.6 Å². The number of carbonyl (C=O) groups excluding carboxylic acids is 1. The number of nitrogens with one attached hydrogen (secondary N) is 2. The fourth-order valence-corrected chi connectivity index (χ4v) is 5.94. The number of fused-ring (bicyclic) bond motifs is 2. The number of carbonyl (C=O) groups is 1. The van der Waals surface area contributed by atoms with Crippen molar-refractivity contribution in [3.05, 3.63) is 86.8 Å². The third kappa shape index (κ3) is 6.04. The molecule has 2 atom stereocenters. The van der Waals surface area contributed by atoms with Crippen molar-refractivity contribution in [3.8, 4) is 5.75 Å². The smallest absolute Gasteiger partial charge is 0.252 e. The highest BCUT2D eigenvalue weighted by molar-refractivity contribution is 6.42. The van der Waals surface area contributed by atoms with Gasteiger partial charge in [-0.25, -0.2) is 13.8 Å². The number of amides is 1. The number of halogens is 5. The minimum Gasteiger partial charge on any atom is -0.488 e. The molecule has 3 heterocycles. The van der Waals surface area contributed by atoms with E-state index in [1.165, 1.54) is 6.26 Å². The topological polar surface area (TPSA) is 79.6 Å². The number of rotatable bonds is 10. The highest BCUT2D eigenvalue weighted by Gasteiger charge is 2.42. The van der Waals surface area contributed by atoms with Crippen LogP contribution < -0.4 is 15.4 Å². The number of hydrogen-bond acceptors (Lipinski definition) is 6. The molecule has 3 aromatic rings. The van der Waals surface area contributed by atoms with Crippen LogP contribution in [0.25, 0.3) is 5.57 Å². The van der Waals surface area contributed by atoms with Crippen molar-refractivity contribution in [3.63, 3.8) is 0 Å². The zero-order valence-corrected chi connectivity index (χ0v) is 24.1. The second-order valence-electron chi connectivity index (χ2n) is 10.8. The number of aromatic nitrogens is 1. The van der Waals surface area contributed by atoms with Crippen LogP contribution in [-0.2, 0) is 17.8 Å². The Hall–Kier alpha value is -3.05. The molecule has 1 saturated heterocycles. The molecule has 2 N–H and O–H groups in total. The van der Waals surface area contributed by atoms with Crippen molar-refractivity contribution in [2.75, 3.05) is 19.7 Å². The maximum absolute atomic E-state index is 14.2. The van der Waals surface area contributed by atoms with Gasteiger partial charge >= 0.3 is 0 Å². The summed E-state index contributed by atoms with van der Waals surface area (Å²) < 4.78 is 52.2. The van der Waals surface area contributed by atoms with Crippen molar-refractivity contribution in [1.82, 2.24) is 20.5 Å². The van der Waals surface area contributed by atoms with Crippen molar-refractivity contribution in [2.24, 2.45) is 0 Å². The summed E-state index contributed by atoms with van der Waals surface area (Å²) in [6.45, 7) is 1.64. The molecular weight excluding hydrogens is 592 g/mol. The summed E-state index contributed by atoms with van der Waals surface area (Å²) in [7, 11) is 0. The van der Waals surface area contributed by atoms with Gasteiger partial charge < -0.3 is 24.7 Å². The quantitative estimate of drug-likeness (QED) is 0.224. The van der Waals surface area contributed by atoms with Crippen LogP contribution in [0.1, 0.15) is 42.8 Å². The lowest BCUT2D eigenvalue weighted by atomic mass is 9.86. The van der Waals surface area contributed by atoms with Gasteiger partial charge in [0.05, 0.1) is 28.4 Å². The van der Waals surface area contributed by atoms with Crippen molar-refractivity contribution < 1.29 is 27.1 Å². The van der Waals surface area contributed by atoms with Gasteiger partial charge in [0, 0.05) is 42.9 Å². The number of aryl methyl sites for hydroxylation is 1. The van der Waals surface area contributed by atoms with Crippen LogP contribution in [0.2, 0.25) is 10.0 Å². The Labute approximate surface area is 251 Å². The molecule has 2 bridgehead atoms. The summed E-state index contributed by atoms with van der Waals surface area (Å²) in [6.07, 6.45) is 4.67. The highest BCUT2D eigenvalue weighted by atomic mass is 35.5. The maximum Gasteiger partial charge on any atom is 0.252 e. The third-order valence-electron chi connectivity index (χ3n) is 7.79. The molecule has 7 nitrogen and oxygen atoms in total. The second-order valence-corrected chi connectivity index (χ2v) is 11.6. The van der Waals surface area contributed by atoms with Gasteiger partial charge in [-0.3, -0.25) is 4.79 Å². The van der Waals surface area contributed by atoms with Gasteiger partial charge in [-0.15, -0.1) is 0 Å². The normalized spacial score (nSPS) is 20.1. The summed E-state index contributed by atoms with van der Waals surface area (Å²) in [5.41, 5.74) is 2.79. The predicted molar refractivity (Wildman–Crippen MR) is 152 cm³/mol. The van der Waals surface area contributed by atoms with Gasteiger partial charge in [0.15, 0.2) is 17.4 Å². The molecule has 3 aliphatic rings. The Balaban J connectivity index is 1.21. The molecule has 0 radical (unpaired) electrons. The van der Waals surface area contributed by atoms with Gasteiger partial charge in [-0.2, -0.15) is 4.39 Å². The van der Waals surface area contributed by atoms with E-state index in [1.807, 2.05) is 17.0 Å². The Kier molecular flexibility index (Phi) is 8.49. The molecule has 0 spiro atoms. The first kappa shape index (κ1) is 29.0. The summed E-state index contributed by atoms with van der Waals surface area (Å²) in [6, 6.07) is 6.98. The standard InChI is InChI=1S/C30H29Cl2F3N4O3/c31-21-5-1-3-16(26(21)32)14-39(19-6-7-19)30(40)25-20(11-18-12-36-13-24(25)37-18)29-38-17(15-42-29)4-2-10-41-28-23(34)9-8-22(33)27(28)35/h1,3,5,8-9,15,18-19,24,36-37H,2,4,6-7,10-14H2. The van der Waals surface area contributed by atoms with Crippen LogP contribution >= 0.6 is 23.2 Å². The zero-order chi connectivity index (χ0) is 29.4. The Bertz CT molecular complexity index is 1530. The Morgan fingerprint density at radius 2 is 1.93 bits per heavy atom. The minimum absolute atomic E-state index is 0.0476. The maximum atomic E-state index is 14.2. The number of piperazine rings is 1. The number of oxazole rings is 1. The first-order valence-electron chi connectivity index (χ1n) is 13.9. The summed E-state index contributed by atoms with van der Waals surface area (Å²) in [4.78, 5) is 20.8. The number of hydrogen-bond donors (Lipinski definition) is 2. The molecule has 1 amide bonds. The van der Waals surface area contributed by atoms with Gasteiger partial charge in [0.2, 0.25) is 11.7 Å². The predicted octanol–water partition coefficient (Wildman–Crippen LogP) is 5.69. The van der Waals surface area contributed by atoms with Crippen molar-refractivity contribution >= 4 is 34.7 Å². The van der Waals surface area contributed by atoms with Crippen LogP contribution in [0.3, 0.4) is 0 Å². The molecule has 1 saturated carbocycles. The van der Waals surface area contributed by atoms with Crippen LogP contribution in [0.5, 0.6) is 5.75 Å². The first-order valence-corrected chi connectivity index (χ1v) is 14.7. The molecular formula is C30H29Cl2F3N4O3. The Morgan fingerprint density at radius 1 is 1.12 bits per heavy atom. The lowest BCUT2D eigenvalue weighted by Gasteiger charge is -2.40. The van der Waals surface area contributed by atoms with E-state index < -0.39 is 23.2 Å². The molecule has 42 heavy (non-hydrogen) atoms. The van der Waals surface area contributed by atoms with Crippen LogP contribution in [0.15, 0.2) is 46.6 Å². The average molecular weight is 621 g/mol. The molecule has 1 aromatic heterocycles. The summed E-state index contributed by atoms with van der Waals surface area (Å²) >= 11 is 12.7. The Morgan fingerprint density at radius 3 is 2.74 bits per heavy atom. The molecule has 12 heteroatoms. The highest BCUT2D eigenvalue weighted by Crippen LogP contribution is 2.37. The second kappa shape index (κ2) is 12.3. The summed E-state index contributed by atoms with van der Waals surface area (Å²) in [5, 5.41) is 7.87. The SMILES string of the molecule is O=C(C1=C(c2nc(CCCOc3c(F)ccc(F)c3F)co2)CC2CNCC1N2)N(Cc1cccc(Cl)c1Cl)C1CC1. The fourth-order valence-electron chi connectivity index (χ4n) is 5.56. The fraction of sp³-hybridized carbons (Fsp3) is 0.400. The largest absolute Gasteiger partial charge is 0.488 e. The molecule has 1 aliphatic carbocycles. The molecule has 2 unspecified atom stereocenters. The van der Waals surface area contributed by atoms with Gasteiger partial charge in [0.25, 0.3) is 5.91 Å². The average Bonchev–Trinajstić information content (AvgIpc) is 3.71. The number of nitrogens with zero attached hydrogens (tertiary/aromatic N) is 2. The van der Waals surface area contributed by atoms with E-state index >= 15 is 0 Å².